The molecule has 2 aromatic carbocycles. The molecule has 0 aliphatic carbocycles. The number of carbonyl (C=O) groups excluding carboxylic acids is 1. The fourth-order valence-corrected chi connectivity index (χ4v) is 11.1. The lowest BCUT2D eigenvalue weighted by molar-refractivity contribution is 0.0284. The van der Waals surface area contributed by atoms with Gasteiger partial charge in [0.1, 0.15) is 21.3 Å². The Balaban J connectivity index is 1.44. The number of hydrogen-bond donors (Lipinski definition) is 0. The molecule has 0 aromatic heterocycles. The highest BCUT2D eigenvalue weighted by Gasteiger charge is 2.55. The van der Waals surface area contributed by atoms with Gasteiger partial charge in [0.15, 0.2) is 4.90 Å². The van der Waals surface area contributed by atoms with Crippen molar-refractivity contribution in [2.24, 2.45) is 0 Å². The molecule has 2 aromatic rings. The van der Waals surface area contributed by atoms with Crippen LogP contribution >= 0.6 is 23.2 Å². The Bertz CT molecular complexity index is 1300. The van der Waals surface area contributed by atoms with Crippen molar-refractivity contribution in [1.29, 1.82) is 0 Å². The van der Waals surface area contributed by atoms with Gasteiger partial charge < -0.3 is 14.5 Å². The fraction of sp³-hybridized carbons (Fsp3) is 0.552. The molecule has 1 fully saturated rings. The highest BCUT2D eigenvalue weighted by atomic mass is 35.5. The second kappa shape index (κ2) is 11.8. The lowest BCUT2D eigenvalue weighted by Crippen LogP contribution is -2.44. The molecule has 0 bridgehead atoms. The number of benzene rings is 2. The summed E-state index contributed by atoms with van der Waals surface area (Å²) in [6.45, 7) is 8.76. The second-order valence-corrected chi connectivity index (χ2v) is 18.5. The number of amides is 1. The van der Waals surface area contributed by atoms with Gasteiger partial charge in [-0.05, 0) is 83.4 Å². The maximum atomic E-state index is 12.7. The smallest absolute Gasteiger partial charge is 0.410 e. The summed E-state index contributed by atoms with van der Waals surface area (Å²) in [4.78, 5) is 17.8. The monoisotopic (exact) mass is 613 g/mol. The number of hydrogen-bond acceptors (Lipinski definition) is 5. The Morgan fingerprint density at radius 2 is 1.79 bits per heavy atom. The van der Waals surface area contributed by atoms with E-state index in [1.165, 1.54) is 11.8 Å². The molecule has 39 heavy (non-hydrogen) atoms. The summed E-state index contributed by atoms with van der Waals surface area (Å²) in [5.74, 6) is 0.752. The van der Waals surface area contributed by atoms with Crippen molar-refractivity contribution in [2.75, 3.05) is 45.2 Å². The summed E-state index contributed by atoms with van der Waals surface area (Å²) >= 11 is 12.5. The van der Waals surface area contributed by atoms with Gasteiger partial charge in [0.25, 0.3) is 0 Å². The van der Waals surface area contributed by atoms with Gasteiger partial charge in [0.2, 0.25) is 0 Å². The Morgan fingerprint density at radius 3 is 2.41 bits per heavy atom. The van der Waals surface area contributed by atoms with Gasteiger partial charge in [-0.25, -0.2) is 4.79 Å². The molecular formula is C29H39Cl2N2O4S2+. The van der Waals surface area contributed by atoms with E-state index >= 15 is 0 Å². The number of piperidine rings is 1. The molecule has 1 amide bonds. The minimum atomic E-state index is -3.14. The first-order chi connectivity index (χ1) is 18.2. The minimum absolute atomic E-state index is 0.0523. The average molecular weight is 615 g/mol. The Hall–Kier alpha value is -1.45. The van der Waals surface area contributed by atoms with E-state index in [0.717, 1.165) is 49.4 Å². The van der Waals surface area contributed by atoms with Gasteiger partial charge >= 0.3 is 15.0 Å². The molecule has 2 aliphatic heterocycles. The third-order valence-corrected chi connectivity index (χ3v) is 13.9. The van der Waals surface area contributed by atoms with E-state index in [2.05, 4.69) is 11.0 Å². The standard InChI is InChI=1S/C29H39Cl2N2O4S2/c1-28(2,3)37-27(34)32(4)19-22(21-10-11-24(30)25(31)18-21)12-15-33-16-13-29(14-17-33)20-38(39(5,35)36)26-9-7-6-8-23(26)29/h6-11,18,22H,12-17,19-20H2,1-5H3/q+1/t22-,38?/m1/s1. The van der Waals surface area contributed by atoms with E-state index in [4.69, 9.17) is 27.9 Å². The fourth-order valence-electron chi connectivity index (χ4n) is 5.61. The van der Waals surface area contributed by atoms with Crippen LogP contribution in [0.4, 0.5) is 4.79 Å². The van der Waals surface area contributed by atoms with Gasteiger partial charge in [-0.2, -0.15) is 8.42 Å². The van der Waals surface area contributed by atoms with Crippen molar-refractivity contribution in [3.05, 3.63) is 63.6 Å². The normalized spacial score (nSPS) is 20.0. The predicted molar refractivity (Wildman–Crippen MR) is 162 cm³/mol. The molecular weight excluding hydrogens is 575 g/mol. The summed E-state index contributed by atoms with van der Waals surface area (Å²) < 4.78 is 30.8. The van der Waals surface area contributed by atoms with Crippen molar-refractivity contribution in [2.45, 2.75) is 61.9 Å². The molecule has 1 unspecified atom stereocenters. The number of likely N-dealkylation sites (N-methyl/N-ethyl adjacent to an activating group) is 1. The zero-order valence-electron chi connectivity index (χ0n) is 23.4. The van der Waals surface area contributed by atoms with Crippen LogP contribution in [0.1, 0.15) is 57.1 Å². The highest BCUT2D eigenvalue weighted by molar-refractivity contribution is 8.69. The molecule has 214 valence electrons. The summed E-state index contributed by atoms with van der Waals surface area (Å²) in [6, 6.07) is 13.8. The third kappa shape index (κ3) is 7.25. The van der Waals surface area contributed by atoms with E-state index < -0.39 is 24.4 Å². The molecule has 10 heteroatoms. The molecule has 1 saturated heterocycles. The molecule has 4 rings (SSSR count). The summed E-state index contributed by atoms with van der Waals surface area (Å²) in [6.07, 6.45) is 3.74. The lowest BCUT2D eigenvalue weighted by atomic mass is 9.74. The van der Waals surface area contributed by atoms with Gasteiger partial charge in [0.05, 0.1) is 16.3 Å². The Morgan fingerprint density at radius 1 is 1.13 bits per heavy atom. The molecule has 0 saturated carbocycles. The SMILES string of the molecule is CN(C[C@@H](CCN1CCC2(CC1)C[S+](S(C)(=O)=O)c1ccccc12)c1ccc(Cl)c(Cl)c1)C(=O)OC(C)(C)C. The molecule has 0 radical (unpaired) electrons. The molecule has 2 atom stereocenters. The number of carbonyl (C=O) groups is 1. The molecule has 0 N–H and O–H groups in total. The first kappa shape index (κ1) is 30.5. The van der Waals surface area contributed by atoms with E-state index in [0.29, 0.717) is 22.3 Å². The van der Waals surface area contributed by atoms with E-state index in [1.807, 2.05) is 51.1 Å². The zero-order chi connectivity index (χ0) is 28.6. The molecule has 2 heterocycles. The maximum Gasteiger partial charge on any atom is 0.410 e. The van der Waals surface area contributed by atoms with E-state index in [1.54, 1.807) is 18.0 Å². The number of likely N-dealkylation sites (tertiary alicyclic amines) is 1. The third-order valence-electron chi connectivity index (χ3n) is 7.70. The Labute approximate surface area is 245 Å². The van der Waals surface area contributed by atoms with Gasteiger partial charge in [-0.3, -0.25) is 0 Å². The van der Waals surface area contributed by atoms with Crippen LogP contribution in [0.25, 0.3) is 0 Å². The van der Waals surface area contributed by atoms with Crippen LogP contribution in [0, 0.1) is 0 Å². The average Bonchev–Trinajstić information content (AvgIpc) is 3.18. The first-order valence-corrected chi connectivity index (χ1v) is 17.9. The van der Waals surface area contributed by atoms with E-state index in [9.17, 15) is 13.2 Å². The van der Waals surface area contributed by atoms with Gasteiger partial charge in [0, 0.05) is 30.5 Å². The van der Waals surface area contributed by atoms with Crippen LogP contribution in [0.2, 0.25) is 10.0 Å². The predicted octanol–water partition coefficient (Wildman–Crippen LogP) is 6.32. The van der Waals surface area contributed by atoms with Crippen molar-refractivity contribution >= 4 is 48.1 Å². The quantitative estimate of drug-likeness (QED) is 0.270. The van der Waals surface area contributed by atoms with Crippen molar-refractivity contribution in [3.8, 4) is 0 Å². The molecule has 1 spiro atoms. The van der Waals surface area contributed by atoms with Crippen molar-refractivity contribution in [1.82, 2.24) is 9.80 Å². The number of ether oxygens (including phenoxy) is 1. The second-order valence-electron chi connectivity index (χ2n) is 11.8. The van der Waals surface area contributed by atoms with Crippen LogP contribution in [0.3, 0.4) is 0 Å². The van der Waals surface area contributed by atoms with Crippen LogP contribution in [-0.4, -0.2) is 75.1 Å². The van der Waals surface area contributed by atoms with Crippen molar-refractivity contribution < 1.29 is 17.9 Å². The van der Waals surface area contributed by atoms with Crippen LogP contribution < -0.4 is 0 Å². The van der Waals surface area contributed by atoms with E-state index in [-0.39, 0.29) is 17.4 Å². The summed E-state index contributed by atoms with van der Waals surface area (Å²) in [5.41, 5.74) is 1.63. The largest absolute Gasteiger partial charge is 0.444 e. The van der Waals surface area contributed by atoms with Crippen LogP contribution in [0.15, 0.2) is 47.4 Å². The number of nitrogens with zero attached hydrogens (tertiary/aromatic N) is 2. The number of fused-ring (bicyclic) bond motifs is 2. The zero-order valence-corrected chi connectivity index (χ0v) is 26.5. The molecule has 2 aliphatic rings. The van der Waals surface area contributed by atoms with Crippen molar-refractivity contribution in [3.63, 3.8) is 0 Å². The maximum absolute atomic E-state index is 12.7. The Kier molecular flexibility index (Phi) is 9.24. The number of halogens is 2. The highest BCUT2D eigenvalue weighted by Crippen LogP contribution is 2.48. The van der Waals surface area contributed by atoms with Crippen LogP contribution in [-0.2, 0) is 28.9 Å². The summed E-state index contributed by atoms with van der Waals surface area (Å²) in [7, 11) is -2.12. The number of rotatable bonds is 7. The van der Waals surface area contributed by atoms with Crippen LogP contribution in [0.5, 0.6) is 0 Å². The minimum Gasteiger partial charge on any atom is -0.444 e. The first-order valence-electron chi connectivity index (χ1n) is 13.3. The lowest BCUT2D eigenvalue weighted by Gasteiger charge is -2.38. The molecule has 6 nitrogen and oxygen atoms in total. The van der Waals surface area contributed by atoms with Gasteiger partial charge in [-0.1, -0.05) is 47.5 Å². The topological polar surface area (TPSA) is 66.9 Å². The van der Waals surface area contributed by atoms with Gasteiger partial charge in [-0.15, -0.1) is 0 Å². The summed E-state index contributed by atoms with van der Waals surface area (Å²) in [5, 5.41) is 1.01.